The maximum absolute atomic E-state index is 3.51. The van der Waals surface area contributed by atoms with E-state index in [1.807, 2.05) is 0 Å². The summed E-state index contributed by atoms with van der Waals surface area (Å²) in [6.07, 6.45) is 0. The molecule has 17 heavy (non-hydrogen) atoms. The van der Waals surface area contributed by atoms with Gasteiger partial charge in [0.15, 0.2) is 0 Å². The predicted octanol–water partition coefficient (Wildman–Crippen LogP) is 4.22. The van der Waals surface area contributed by atoms with Crippen molar-refractivity contribution in [1.29, 1.82) is 0 Å². The molecule has 0 aliphatic heterocycles. The second kappa shape index (κ2) is 5.05. The number of rotatable bonds is 3. The number of para-hydroxylation sites is 1. The zero-order valence-corrected chi connectivity index (χ0v) is 10.7. The van der Waals surface area contributed by atoms with Gasteiger partial charge in [-0.3, -0.25) is 0 Å². The van der Waals surface area contributed by atoms with E-state index in [2.05, 4.69) is 68.6 Å². The van der Waals surface area contributed by atoms with Crippen LogP contribution in [0.2, 0.25) is 0 Å². The number of hydrogen-bond acceptors (Lipinski definition) is 1. The molecule has 0 saturated heterocycles. The van der Waals surface area contributed by atoms with Crippen molar-refractivity contribution in [2.75, 3.05) is 5.32 Å². The molecule has 2 rings (SSSR count). The maximum Gasteiger partial charge on any atom is 0.0406 e. The summed E-state index contributed by atoms with van der Waals surface area (Å²) >= 11 is 0. The molecule has 0 aliphatic carbocycles. The van der Waals surface area contributed by atoms with E-state index in [9.17, 15) is 0 Å². The van der Waals surface area contributed by atoms with Crippen molar-refractivity contribution in [1.82, 2.24) is 0 Å². The lowest BCUT2D eigenvalue weighted by Gasteiger charge is -2.13. The normalized spacial score (nSPS) is 10.3. The molecular weight excluding hydrogens is 206 g/mol. The maximum atomic E-state index is 3.51. The van der Waals surface area contributed by atoms with Crippen LogP contribution in [-0.4, -0.2) is 0 Å². The van der Waals surface area contributed by atoms with Gasteiger partial charge in [-0.1, -0.05) is 36.4 Å². The van der Waals surface area contributed by atoms with Crippen LogP contribution in [0, 0.1) is 20.8 Å². The summed E-state index contributed by atoms with van der Waals surface area (Å²) in [5.74, 6) is 0. The van der Waals surface area contributed by atoms with Crippen molar-refractivity contribution in [2.45, 2.75) is 27.3 Å². The lowest BCUT2D eigenvalue weighted by Crippen LogP contribution is -2.04. The van der Waals surface area contributed by atoms with E-state index in [1.165, 1.54) is 27.9 Å². The molecule has 0 unspecified atom stereocenters. The minimum atomic E-state index is 0.892. The number of benzene rings is 2. The van der Waals surface area contributed by atoms with Crippen LogP contribution < -0.4 is 5.32 Å². The predicted molar refractivity (Wildman–Crippen MR) is 74.4 cm³/mol. The molecular formula is C16H19N. The summed E-state index contributed by atoms with van der Waals surface area (Å²) in [5, 5.41) is 3.51. The first-order chi connectivity index (χ1) is 8.18. The van der Waals surface area contributed by atoms with E-state index < -0.39 is 0 Å². The van der Waals surface area contributed by atoms with Crippen molar-refractivity contribution in [3.05, 3.63) is 64.7 Å². The van der Waals surface area contributed by atoms with E-state index in [4.69, 9.17) is 0 Å². The number of anilines is 1. The van der Waals surface area contributed by atoms with Crippen molar-refractivity contribution in [3.63, 3.8) is 0 Å². The van der Waals surface area contributed by atoms with Crippen LogP contribution in [0.15, 0.2) is 42.5 Å². The third-order valence-corrected chi connectivity index (χ3v) is 3.25. The lowest BCUT2D eigenvalue weighted by atomic mass is 10.0. The van der Waals surface area contributed by atoms with Gasteiger partial charge in [0.25, 0.3) is 0 Å². The number of hydrogen-bond donors (Lipinski definition) is 1. The van der Waals surface area contributed by atoms with Gasteiger partial charge in [-0.05, 0) is 49.1 Å². The second-order valence-corrected chi connectivity index (χ2v) is 4.54. The number of aryl methyl sites for hydroxylation is 3. The Kier molecular flexibility index (Phi) is 3.48. The van der Waals surface area contributed by atoms with Gasteiger partial charge in [0.05, 0.1) is 0 Å². The van der Waals surface area contributed by atoms with Gasteiger partial charge in [0.1, 0.15) is 0 Å². The first kappa shape index (κ1) is 11.7. The average molecular weight is 225 g/mol. The minimum absolute atomic E-state index is 0.892. The van der Waals surface area contributed by atoms with Crippen LogP contribution in [0.25, 0.3) is 0 Å². The quantitative estimate of drug-likeness (QED) is 0.824. The Morgan fingerprint density at radius 3 is 2.00 bits per heavy atom. The fourth-order valence-electron chi connectivity index (χ4n) is 2.08. The molecule has 0 bridgehead atoms. The zero-order valence-electron chi connectivity index (χ0n) is 10.7. The monoisotopic (exact) mass is 225 g/mol. The number of nitrogens with one attached hydrogen (secondary N) is 1. The molecule has 0 amide bonds. The van der Waals surface area contributed by atoms with Gasteiger partial charge in [-0.2, -0.15) is 0 Å². The fraction of sp³-hybridized carbons (Fsp3) is 0.250. The van der Waals surface area contributed by atoms with Crippen molar-refractivity contribution < 1.29 is 0 Å². The topological polar surface area (TPSA) is 12.0 Å². The third kappa shape index (κ3) is 2.68. The Bertz CT molecular complexity index is 494. The van der Waals surface area contributed by atoms with Gasteiger partial charge in [0, 0.05) is 12.2 Å². The van der Waals surface area contributed by atoms with E-state index in [0.717, 1.165) is 6.54 Å². The Morgan fingerprint density at radius 2 is 1.35 bits per heavy atom. The third-order valence-electron chi connectivity index (χ3n) is 3.25. The zero-order chi connectivity index (χ0) is 12.3. The summed E-state index contributed by atoms with van der Waals surface area (Å²) in [5.41, 5.74) is 6.61. The Balaban J connectivity index is 2.16. The first-order valence-corrected chi connectivity index (χ1v) is 6.03. The SMILES string of the molecule is Cc1ccccc1NCc1c(C)cccc1C. The van der Waals surface area contributed by atoms with Gasteiger partial charge in [0.2, 0.25) is 0 Å². The molecule has 1 N–H and O–H groups in total. The molecule has 2 aromatic carbocycles. The molecule has 2 aromatic rings. The summed E-state index contributed by atoms with van der Waals surface area (Å²) in [7, 11) is 0. The van der Waals surface area contributed by atoms with Crippen LogP contribution in [0.1, 0.15) is 22.3 Å². The van der Waals surface area contributed by atoms with Gasteiger partial charge in [-0.25, -0.2) is 0 Å². The van der Waals surface area contributed by atoms with E-state index in [0.29, 0.717) is 0 Å². The van der Waals surface area contributed by atoms with Crippen molar-refractivity contribution in [3.8, 4) is 0 Å². The molecule has 0 heterocycles. The highest BCUT2D eigenvalue weighted by Gasteiger charge is 2.02. The standard InChI is InChI=1S/C16H19N/c1-12-8-6-9-13(2)15(12)11-17-16-10-5-4-7-14(16)3/h4-10,17H,11H2,1-3H3. The van der Waals surface area contributed by atoms with E-state index in [-0.39, 0.29) is 0 Å². The Hall–Kier alpha value is -1.76. The smallest absolute Gasteiger partial charge is 0.0406 e. The highest BCUT2D eigenvalue weighted by atomic mass is 14.9. The fourth-order valence-corrected chi connectivity index (χ4v) is 2.08. The average Bonchev–Trinajstić information content (AvgIpc) is 2.30. The molecule has 0 saturated carbocycles. The summed E-state index contributed by atoms with van der Waals surface area (Å²) in [6.45, 7) is 7.36. The van der Waals surface area contributed by atoms with Crippen molar-refractivity contribution >= 4 is 5.69 Å². The largest absolute Gasteiger partial charge is 0.381 e. The molecule has 0 aliphatic rings. The molecule has 1 heteroatoms. The van der Waals surface area contributed by atoms with Gasteiger partial charge in [-0.15, -0.1) is 0 Å². The van der Waals surface area contributed by atoms with Crippen LogP contribution in [0.4, 0.5) is 5.69 Å². The molecule has 0 spiro atoms. The molecule has 0 aromatic heterocycles. The minimum Gasteiger partial charge on any atom is -0.381 e. The van der Waals surface area contributed by atoms with Gasteiger partial charge < -0.3 is 5.32 Å². The second-order valence-electron chi connectivity index (χ2n) is 4.54. The van der Waals surface area contributed by atoms with Crippen LogP contribution in [0.3, 0.4) is 0 Å². The van der Waals surface area contributed by atoms with Crippen LogP contribution in [0.5, 0.6) is 0 Å². The Labute approximate surface area is 103 Å². The molecule has 0 fully saturated rings. The summed E-state index contributed by atoms with van der Waals surface area (Å²) in [4.78, 5) is 0. The highest BCUT2D eigenvalue weighted by Crippen LogP contribution is 2.18. The highest BCUT2D eigenvalue weighted by molar-refractivity contribution is 5.51. The Morgan fingerprint density at radius 1 is 0.765 bits per heavy atom. The van der Waals surface area contributed by atoms with E-state index in [1.54, 1.807) is 0 Å². The molecule has 1 nitrogen and oxygen atoms in total. The van der Waals surface area contributed by atoms with E-state index >= 15 is 0 Å². The first-order valence-electron chi connectivity index (χ1n) is 6.03. The molecule has 88 valence electrons. The van der Waals surface area contributed by atoms with Gasteiger partial charge >= 0.3 is 0 Å². The van der Waals surface area contributed by atoms with Crippen molar-refractivity contribution in [2.24, 2.45) is 0 Å². The molecule has 0 atom stereocenters. The summed E-state index contributed by atoms with van der Waals surface area (Å²) < 4.78 is 0. The van der Waals surface area contributed by atoms with Crippen LogP contribution in [-0.2, 0) is 6.54 Å². The lowest BCUT2D eigenvalue weighted by molar-refractivity contribution is 1.08. The van der Waals surface area contributed by atoms with Crippen LogP contribution >= 0.6 is 0 Å². The molecule has 0 radical (unpaired) electrons. The summed E-state index contributed by atoms with van der Waals surface area (Å²) in [6, 6.07) is 14.8.